The van der Waals surface area contributed by atoms with Crippen LogP contribution in [0.1, 0.15) is 30.1 Å². The molecule has 0 saturated carbocycles. The molecule has 168 valence electrons. The van der Waals surface area contributed by atoms with E-state index in [1.807, 2.05) is 0 Å². The van der Waals surface area contributed by atoms with Gasteiger partial charge in [0.1, 0.15) is 11.9 Å². The predicted octanol–water partition coefficient (Wildman–Crippen LogP) is 1.89. The number of rotatable bonds is 7. The van der Waals surface area contributed by atoms with Crippen LogP contribution in [-0.2, 0) is 9.47 Å². The molecule has 3 rings (SSSR count). The standard InChI is InChI=1S/C21H32N4O4.HI/c1-3-22-21(25-12-14-29-19(15-25)18-5-4-13-28-18)24-11-10-23-20(26)16-6-8-17(27-2)9-7-16;/h6-9,18-19H,3-5,10-15H2,1-2H3,(H,22,24)(H,23,26);1H. The number of nitrogens with one attached hydrogen (secondary N) is 2. The summed E-state index contributed by atoms with van der Waals surface area (Å²) in [5, 5.41) is 6.26. The van der Waals surface area contributed by atoms with E-state index in [4.69, 9.17) is 19.2 Å². The normalized spacial score (nSPS) is 21.7. The third-order valence-electron chi connectivity index (χ3n) is 5.12. The smallest absolute Gasteiger partial charge is 0.251 e. The van der Waals surface area contributed by atoms with Crippen LogP contribution in [0.15, 0.2) is 29.3 Å². The number of ether oxygens (including phenoxy) is 3. The summed E-state index contributed by atoms with van der Waals surface area (Å²) < 4.78 is 16.8. The molecule has 2 saturated heterocycles. The second kappa shape index (κ2) is 13.0. The second-order valence-corrected chi connectivity index (χ2v) is 7.13. The van der Waals surface area contributed by atoms with Gasteiger partial charge >= 0.3 is 0 Å². The Morgan fingerprint density at radius 2 is 1.97 bits per heavy atom. The summed E-state index contributed by atoms with van der Waals surface area (Å²) in [4.78, 5) is 19.2. The molecule has 2 N–H and O–H groups in total. The summed E-state index contributed by atoms with van der Waals surface area (Å²) in [5.41, 5.74) is 0.606. The lowest BCUT2D eigenvalue weighted by atomic mass is 10.1. The number of hydrogen-bond acceptors (Lipinski definition) is 5. The fraction of sp³-hybridized carbons (Fsp3) is 0.619. The van der Waals surface area contributed by atoms with Crippen LogP contribution in [0.4, 0.5) is 0 Å². The molecule has 1 aromatic rings. The van der Waals surface area contributed by atoms with Crippen LogP contribution in [0.3, 0.4) is 0 Å². The minimum absolute atomic E-state index is 0. The predicted molar refractivity (Wildman–Crippen MR) is 127 cm³/mol. The van der Waals surface area contributed by atoms with Crippen molar-refractivity contribution in [3.63, 3.8) is 0 Å². The van der Waals surface area contributed by atoms with Gasteiger partial charge in [0.25, 0.3) is 5.91 Å². The summed E-state index contributed by atoms with van der Waals surface area (Å²) in [6, 6.07) is 7.05. The molecular weight excluding hydrogens is 499 g/mol. The van der Waals surface area contributed by atoms with Gasteiger partial charge in [0, 0.05) is 38.3 Å². The van der Waals surface area contributed by atoms with Crippen LogP contribution < -0.4 is 15.4 Å². The van der Waals surface area contributed by atoms with Gasteiger partial charge < -0.3 is 29.7 Å². The first-order valence-corrected chi connectivity index (χ1v) is 10.4. The third kappa shape index (κ3) is 6.98. The summed E-state index contributed by atoms with van der Waals surface area (Å²) in [6.45, 7) is 6.89. The van der Waals surface area contributed by atoms with E-state index in [0.717, 1.165) is 50.8 Å². The van der Waals surface area contributed by atoms with Gasteiger partial charge in [-0.15, -0.1) is 24.0 Å². The molecule has 30 heavy (non-hydrogen) atoms. The average molecular weight is 532 g/mol. The van der Waals surface area contributed by atoms with Crippen LogP contribution in [0.2, 0.25) is 0 Å². The number of amides is 1. The summed E-state index contributed by atoms with van der Waals surface area (Å²) >= 11 is 0. The minimum Gasteiger partial charge on any atom is -0.497 e. The summed E-state index contributed by atoms with van der Waals surface area (Å²) in [6.07, 6.45) is 2.44. The van der Waals surface area contributed by atoms with Crippen molar-refractivity contribution in [1.82, 2.24) is 15.5 Å². The Balaban J connectivity index is 0.00000320. The van der Waals surface area contributed by atoms with Gasteiger partial charge in [-0.1, -0.05) is 0 Å². The van der Waals surface area contributed by atoms with Gasteiger partial charge in [0.15, 0.2) is 5.96 Å². The number of guanidine groups is 1. The van der Waals surface area contributed by atoms with Crippen molar-refractivity contribution >= 4 is 35.8 Å². The molecule has 9 heteroatoms. The van der Waals surface area contributed by atoms with E-state index < -0.39 is 0 Å². The zero-order chi connectivity index (χ0) is 20.5. The van der Waals surface area contributed by atoms with E-state index in [-0.39, 0.29) is 42.1 Å². The Hall–Kier alpha value is -1.59. The van der Waals surface area contributed by atoms with Gasteiger partial charge in [-0.25, -0.2) is 0 Å². The van der Waals surface area contributed by atoms with Crippen LogP contribution in [-0.4, -0.2) is 82.0 Å². The molecule has 2 atom stereocenters. The largest absolute Gasteiger partial charge is 0.497 e. The number of benzene rings is 1. The maximum Gasteiger partial charge on any atom is 0.251 e. The summed E-state index contributed by atoms with van der Waals surface area (Å²) in [7, 11) is 1.60. The Labute approximate surface area is 195 Å². The van der Waals surface area contributed by atoms with Crippen molar-refractivity contribution in [2.24, 2.45) is 4.99 Å². The van der Waals surface area contributed by atoms with Gasteiger partial charge in [0.05, 0.1) is 26.4 Å². The van der Waals surface area contributed by atoms with Crippen molar-refractivity contribution in [3.8, 4) is 5.75 Å². The minimum atomic E-state index is -0.113. The molecule has 8 nitrogen and oxygen atoms in total. The van der Waals surface area contributed by atoms with Crippen molar-refractivity contribution < 1.29 is 19.0 Å². The molecule has 0 spiro atoms. The molecule has 0 bridgehead atoms. The average Bonchev–Trinajstić information content (AvgIpc) is 3.31. The zero-order valence-corrected chi connectivity index (χ0v) is 20.1. The summed E-state index contributed by atoms with van der Waals surface area (Å²) in [5.74, 6) is 1.48. The Morgan fingerprint density at radius 1 is 1.20 bits per heavy atom. The first kappa shape index (κ1) is 24.7. The van der Waals surface area contributed by atoms with Crippen molar-refractivity contribution in [3.05, 3.63) is 29.8 Å². The van der Waals surface area contributed by atoms with E-state index in [9.17, 15) is 4.79 Å². The van der Waals surface area contributed by atoms with E-state index in [1.165, 1.54) is 0 Å². The second-order valence-electron chi connectivity index (χ2n) is 7.13. The highest BCUT2D eigenvalue weighted by molar-refractivity contribution is 14.0. The quantitative estimate of drug-likeness (QED) is 0.242. The molecule has 0 aromatic heterocycles. The van der Waals surface area contributed by atoms with Gasteiger partial charge in [-0.2, -0.15) is 0 Å². The molecule has 0 aliphatic carbocycles. The van der Waals surface area contributed by atoms with Gasteiger partial charge in [-0.3, -0.25) is 9.79 Å². The molecule has 1 aromatic carbocycles. The molecular formula is C21H33IN4O4. The number of carbonyl (C=O) groups is 1. The lowest BCUT2D eigenvalue weighted by molar-refractivity contribution is -0.0817. The Morgan fingerprint density at radius 3 is 2.63 bits per heavy atom. The van der Waals surface area contributed by atoms with Crippen molar-refractivity contribution in [1.29, 1.82) is 0 Å². The van der Waals surface area contributed by atoms with E-state index in [0.29, 0.717) is 25.3 Å². The number of nitrogens with zero attached hydrogens (tertiary/aromatic N) is 2. The number of hydrogen-bond donors (Lipinski definition) is 2. The molecule has 0 radical (unpaired) electrons. The van der Waals surface area contributed by atoms with Gasteiger partial charge in [-0.05, 0) is 44.0 Å². The molecule has 1 amide bonds. The highest BCUT2D eigenvalue weighted by Gasteiger charge is 2.32. The highest BCUT2D eigenvalue weighted by atomic mass is 127. The molecule has 2 heterocycles. The van der Waals surface area contributed by atoms with E-state index >= 15 is 0 Å². The van der Waals surface area contributed by atoms with Crippen molar-refractivity contribution in [2.45, 2.75) is 32.0 Å². The number of aliphatic imine (C=N–C) groups is 1. The molecule has 2 fully saturated rings. The molecule has 2 unspecified atom stereocenters. The fourth-order valence-electron chi connectivity index (χ4n) is 3.59. The SMILES string of the molecule is CCNC(=NCCNC(=O)c1ccc(OC)cc1)N1CCOC(C2CCCO2)C1.I. The van der Waals surface area contributed by atoms with Crippen LogP contribution >= 0.6 is 24.0 Å². The maximum absolute atomic E-state index is 12.2. The number of halogens is 1. The number of methoxy groups -OCH3 is 1. The van der Waals surface area contributed by atoms with E-state index in [1.54, 1.807) is 31.4 Å². The van der Waals surface area contributed by atoms with Crippen LogP contribution in [0.5, 0.6) is 5.75 Å². The fourth-order valence-corrected chi connectivity index (χ4v) is 3.59. The Bertz CT molecular complexity index is 680. The maximum atomic E-state index is 12.2. The Kier molecular flexibility index (Phi) is 10.7. The van der Waals surface area contributed by atoms with Crippen LogP contribution in [0, 0.1) is 0 Å². The first-order valence-electron chi connectivity index (χ1n) is 10.4. The highest BCUT2D eigenvalue weighted by Crippen LogP contribution is 2.21. The monoisotopic (exact) mass is 532 g/mol. The van der Waals surface area contributed by atoms with E-state index in [2.05, 4.69) is 22.5 Å². The molecule has 2 aliphatic heterocycles. The lowest BCUT2D eigenvalue weighted by Gasteiger charge is -2.37. The first-order chi connectivity index (χ1) is 14.2. The third-order valence-corrected chi connectivity index (χ3v) is 5.12. The van der Waals surface area contributed by atoms with Crippen molar-refractivity contribution in [2.75, 3.05) is 53.0 Å². The number of carbonyl (C=O) groups excluding carboxylic acids is 1. The topological polar surface area (TPSA) is 84.4 Å². The lowest BCUT2D eigenvalue weighted by Crippen LogP contribution is -2.53. The number of morpholine rings is 1. The zero-order valence-electron chi connectivity index (χ0n) is 17.8. The van der Waals surface area contributed by atoms with Crippen LogP contribution in [0.25, 0.3) is 0 Å². The molecule has 2 aliphatic rings. The van der Waals surface area contributed by atoms with Gasteiger partial charge in [0.2, 0.25) is 0 Å².